The Balaban J connectivity index is 4.21. The van der Waals surface area contributed by atoms with Crippen molar-refractivity contribution in [1.29, 1.82) is 0 Å². The minimum absolute atomic E-state index is 0.00611. The lowest BCUT2D eigenvalue weighted by molar-refractivity contribution is -0.131. The molecule has 5 nitrogen and oxygen atoms in total. The molecule has 0 aliphatic carbocycles. The van der Waals surface area contributed by atoms with Gasteiger partial charge in [-0.2, -0.15) is 0 Å². The number of hydrogen-bond donors (Lipinski definition) is 2. The number of nitrogens with zero attached hydrogens (tertiary/aromatic N) is 1. The van der Waals surface area contributed by atoms with Crippen molar-refractivity contribution >= 4 is 17.4 Å². The molecule has 0 bridgehead atoms. The van der Waals surface area contributed by atoms with Gasteiger partial charge in [0.25, 0.3) is 5.78 Å². The molecule has 0 amide bonds. The Hall–Kier alpha value is -1.23. The van der Waals surface area contributed by atoms with E-state index in [1.165, 1.54) is 14.0 Å². The van der Waals surface area contributed by atoms with Crippen molar-refractivity contribution < 1.29 is 14.7 Å². The summed E-state index contributed by atoms with van der Waals surface area (Å²) in [5.41, 5.74) is 0. The highest BCUT2D eigenvalue weighted by molar-refractivity contribution is 6.64. The number of carbonyl (C=O) groups is 2. The van der Waals surface area contributed by atoms with Crippen LogP contribution in [0.4, 0.5) is 0 Å². The highest BCUT2D eigenvalue weighted by atomic mass is 16.3. The second-order valence-corrected chi connectivity index (χ2v) is 2.69. The average molecular weight is 186 g/mol. The molecule has 0 saturated carbocycles. The summed E-state index contributed by atoms with van der Waals surface area (Å²) >= 11 is 0. The molecule has 1 unspecified atom stereocenters. The van der Waals surface area contributed by atoms with Crippen molar-refractivity contribution in [3.8, 4) is 0 Å². The Morgan fingerprint density at radius 3 is 2.38 bits per heavy atom. The molecular weight excluding hydrogens is 172 g/mol. The fourth-order valence-electron chi connectivity index (χ4n) is 0.672. The van der Waals surface area contributed by atoms with E-state index in [-0.39, 0.29) is 12.4 Å². The molecule has 0 aliphatic rings. The van der Waals surface area contributed by atoms with Gasteiger partial charge in [-0.15, -0.1) is 0 Å². The van der Waals surface area contributed by atoms with Gasteiger partial charge in [0.05, 0.1) is 6.10 Å². The SMILES string of the molecule is CN=C(NCC(C)O)C(=O)C(C)=O. The fraction of sp³-hybridized carbons (Fsp3) is 0.625. The minimum atomic E-state index is -0.664. The molecule has 1 atom stereocenters. The zero-order valence-corrected chi connectivity index (χ0v) is 8.00. The molecule has 0 rings (SSSR count). The second-order valence-electron chi connectivity index (χ2n) is 2.69. The van der Waals surface area contributed by atoms with E-state index in [1.807, 2.05) is 0 Å². The van der Waals surface area contributed by atoms with E-state index < -0.39 is 17.7 Å². The lowest BCUT2D eigenvalue weighted by Crippen LogP contribution is -2.38. The number of aliphatic hydroxyl groups excluding tert-OH is 1. The molecule has 0 spiro atoms. The molecule has 0 aromatic carbocycles. The summed E-state index contributed by atoms with van der Waals surface area (Å²) in [4.78, 5) is 25.3. The summed E-state index contributed by atoms with van der Waals surface area (Å²) in [6.45, 7) is 2.95. The number of aliphatic hydroxyl groups is 1. The van der Waals surface area contributed by atoms with Crippen LogP contribution in [0.2, 0.25) is 0 Å². The fourth-order valence-corrected chi connectivity index (χ4v) is 0.672. The summed E-state index contributed by atoms with van der Waals surface area (Å²) in [6.07, 6.45) is -0.587. The van der Waals surface area contributed by atoms with Gasteiger partial charge in [0.2, 0.25) is 5.78 Å². The first-order chi connectivity index (χ1) is 5.99. The van der Waals surface area contributed by atoms with Gasteiger partial charge in [-0.1, -0.05) is 0 Å². The Labute approximate surface area is 76.9 Å². The standard InChI is InChI=1S/C8H14N2O3/c1-5(11)4-10-8(9-3)7(13)6(2)12/h5,11H,4H2,1-3H3,(H,9,10). The third kappa shape index (κ3) is 4.37. The van der Waals surface area contributed by atoms with Crippen molar-refractivity contribution in [2.24, 2.45) is 4.99 Å². The number of Topliss-reactive ketones (excluding diaryl/α,β-unsaturated/α-hetero) is 2. The first-order valence-electron chi connectivity index (χ1n) is 3.93. The normalized spacial score (nSPS) is 13.7. The Morgan fingerprint density at radius 1 is 1.54 bits per heavy atom. The maximum absolute atomic E-state index is 11.1. The maximum atomic E-state index is 11.1. The van der Waals surface area contributed by atoms with Gasteiger partial charge < -0.3 is 10.4 Å². The molecule has 0 aliphatic heterocycles. The summed E-state index contributed by atoms with van der Waals surface area (Å²) in [5.74, 6) is -1.24. The zero-order chi connectivity index (χ0) is 10.4. The Morgan fingerprint density at radius 2 is 2.08 bits per heavy atom. The summed E-state index contributed by atoms with van der Waals surface area (Å²) in [5, 5.41) is 11.5. The summed E-state index contributed by atoms with van der Waals surface area (Å²) < 4.78 is 0. The zero-order valence-electron chi connectivity index (χ0n) is 8.00. The molecular formula is C8H14N2O3. The smallest absolute Gasteiger partial charge is 0.262 e. The van der Waals surface area contributed by atoms with Crippen LogP contribution in [0, 0.1) is 0 Å². The molecule has 74 valence electrons. The first-order valence-corrected chi connectivity index (χ1v) is 3.93. The molecule has 0 saturated heterocycles. The topological polar surface area (TPSA) is 78.8 Å². The van der Waals surface area contributed by atoms with Crippen molar-refractivity contribution in [3.05, 3.63) is 0 Å². The monoisotopic (exact) mass is 186 g/mol. The van der Waals surface area contributed by atoms with Gasteiger partial charge in [-0.05, 0) is 6.92 Å². The van der Waals surface area contributed by atoms with Crippen LogP contribution in [-0.4, -0.2) is 42.2 Å². The molecule has 13 heavy (non-hydrogen) atoms. The van der Waals surface area contributed by atoms with Crippen LogP contribution in [0.3, 0.4) is 0 Å². The molecule has 2 N–H and O–H groups in total. The quantitative estimate of drug-likeness (QED) is 0.340. The van der Waals surface area contributed by atoms with Crippen molar-refractivity contribution in [2.75, 3.05) is 13.6 Å². The van der Waals surface area contributed by atoms with E-state index in [0.29, 0.717) is 0 Å². The number of aliphatic imine (C=N–C) groups is 1. The van der Waals surface area contributed by atoms with Gasteiger partial charge in [-0.3, -0.25) is 14.6 Å². The third-order valence-electron chi connectivity index (χ3n) is 1.32. The van der Waals surface area contributed by atoms with Gasteiger partial charge in [0.15, 0.2) is 5.84 Å². The largest absolute Gasteiger partial charge is 0.392 e. The number of ketones is 2. The van der Waals surface area contributed by atoms with E-state index >= 15 is 0 Å². The van der Waals surface area contributed by atoms with Crippen molar-refractivity contribution in [2.45, 2.75) is 20.0 Å². The number of amidine groups is 1. The van der Waals surface area contributed by atoms with Gasteiger partial charge in [0, 0.05) is 20.5 Å². The second kappa shape index (κ2) is 5.42. The summed E-state index contributed by atoms with van der Waals surface area (Å²) in [6, 6.07) is 0. The molecule has 5 heteroatoms. The molecule has 0 fully saturated rings. The number of hydrogen-bond acceptors (Lipinski definition) is 4. The highest BCUT2D eigenvalue weighted by Crippen LogP contribution is 1.82. The maximum Gasteiger partial charge on any atom is 0.262 e. The lowest BCUT2D eigenvalue weighted by Gasteiger charge is -2.08. The molecule has 0 heterocycles. The summed E-state index contributed by atoms with van der Waals surface area (Å²) in [7, 11) is 1.41. The van der Waals surface area contributed by atoms with Crippen LogP contribution in [0.1, 0.15) is 13.8 Å². The van der Waals surface area contributed by atoms with Crippen LogP contribution in [0.5, 0.6) is 0 Å². The predicted octanol–water partition coefficient (Wildman–Crippen LogP) is -0.857. The number of rotatable bonds is 4. The average Bonchev–Trinajstić information content (AvgIpc) is 2.04. The van der Waals surface area contributed by atoms with Crippen LogP contribution in [0.25, 0.3) is 0 Å². The first kappa shape index (κ1) is 11.8. The molecule has 0 radical (unpaired) electrons. The van der Waals surface area contributed by atoms with Crippen LogP contribution in [0.15, 0.2) is 4.99 Å². The third-order valence-corrected chi connectivity index (χ3v) is 1.32. The van der Waals surface area contributed by atoms with E-state index in [1.54, 1.807) is 6.92 Å². The van der Waals surface area contributed by atoms with Crippen LogP contribution < -0.4 is 5.32 Å². The van der Waals surface area contributed by atoms with Gasteiger partial charge in [-0.25, -0.2) is 0 Å². The Kier molecular flexibility index (Phi) is 4.91. The van der Waals surface area contributed by atoms with E-state index in [0.717, 1.165) is 0 Å². The van der Waals surface area contributed by atoms with Crippen LogP contribution in [-0.2, 0) is 9.59 Å². The van der Waals surface area contributed by atoms with Crippen molar-refractivity contribution in [3.63, 3.8) is 0 Å². The van der Waals surface area contributed by atoms with E-state index in [4.69, 9.17) is 5.11 Å². The highest BCUT2D eigenvalue weighted by Gasteiger charge is 2.15. The van der Waals surface area contributed by atoms with E-state index in [9.17, 15) is 9.59 Å². The Bertz CT molecular complexity index is 234. The van der Waals surface area contributed by atoms with Gasteiger partial charge in [0.1, 0.15) is 0 Å². The lowest BCUT2D eigenvalue weighted by atomic mass is 10.2. The van der Waals surface area contributed by atoms with Crippen molar-refractivity contribution in [1.82, 2.24) is 5.32 Å². The van der Waals surface area contributed by atoms with Crippen LogP contribution >= 0.6 is 0 Å². The predicted molar refractivity (Wildman–Crippen MR) is 48.7 cm³/mol. The van der Waals surface area contributed by atoms with Gasteiger partial charge >= 0.3 is 0 Å². The number of nitrogens with one attached hydrogen (secondary N) is 1. The van der Waals surface area contributed by atoms with E-state index in [2.05, 4.69) is 10.3 Å². The molecule has 0 aromatic heterocycles. The minimum Gasteiger partial charge on any atom is -0.392 e. The number of carbonyl (C=O) groups excluding carboxylic acids is 2. The molecule has 0 aromatic rings.